The molecular weight excluding hydrogens is 350 g/mol. The Hall–Kier alpha value is -2.99. The number of hydrogen-bond acceptors (Lipinski definition) is 4. The van der Waals surface area contributed by atoms with Gasteiger partial charge < -0.3 is 9.47 Å². The predicted octanol–water partition coefficient (Wildman–Crippen LogP) is 4.17. The fourth-order valence-electron chi connectivity index (χ4n) is 2.59. The number of anilines is 1. The van der Waals surface area contributed by atoms with Crippen LogP contribution in [0, 0.1) is 0 Å². The molecule has 0 fully saturated rings. The Morgan fingerprint density at radius 2 is 1.42 bits per heavy atom. The molecule has 0 spiro atoms. The highest BCUT2D eigenvalue weighted by atomic mass is 32.2. The van der Waals surface area contributed by atoms with Gasteiger partial charge >= 0.3 is 0 Å². The minimum absolute atomic E-state index is 0.0975. The molecule has 0 atom stereocenters. The maximum Gasteiger partial charge on any atom is 0.262 e. The Kier molecular flexibility index (Phi) is 5.14. The molecular formula is C20H19NO4S. The summed E-state index contributed by atoms with van der Waals surface area (Å²) in [5.74, 6) is 0.825. The molecule has 1 N–H and O–H groups in total. The quantitative estimate of drug-likeness (QED) is 0.708. The van der Waals surface area contributed by atoms with Crippen LogP contribution < -0.4 is 14.2 Å². The van der Waals surface area contributed by atoms with E-state index in [-0.39, 0.29) is 4.90 Å². The molecule has 134 valence electrons. The average molecular weight is 369 g/mol. The lowest BCUT2D eigenvalue weighted by atomic mass is 10.1. The van der Waals surface area contributed by atoms with E-state index in [9.17, 15) is 8.42 Å². The van der Waals surface area contributed by atoms with E-state index in [0.717, 1.165) is 11.1 Å². The average Bonchev–Trinajstić information content (AvgIpc) is 2.68. The second-order valence-electron chi connectivity index (χ2n) is 5.57. The highest BCUT2D eigenvalue weighted by molar-refractivity contribution is 7.92. The van der Waals surface area contributed by atoms with E-state index in [0.29, 0.717) is 17.2 Å². The van der Waals surface area contributed by atoms with Crippen LogP contribution in [0.25, 0.3) is 11.1 Å². The number of rotatable bonds is 6. The number of hydrogen-bond donors (Lipinski definition) is 1. The van der Waals surface area contributed by atoms with Gasteiger partial charge in [0.15, 0.2) is 11.5 Å². The van der Waals surface area contributed by atoms with Crippen LogP contribution in [0.5, 0.6) is 11.5 Å². The van der Waals surface area contributed by atoms with E-state index >= 15 is 0 Å². The summed E-state index contributed by atoms with van der Waals surface area (Å²) in [6.07, 6.45) is 0. The van der Waals surface area contributed by atoms with Gasteiger partial charge in [0.05, 0.1) is 19.1 Å². The lowest BCUT2D eigenvalue weighted by molar-refractivity contribution is 0.354. The summed E-state index contributed by atoms with van der Waals surface area (Å²) < 4.78 is 38.4. The normalized spacial score (nSPS) is 11.0. The second-order valence-corrected chi connectivity index (χ2v) is 7.25. The maximum atomic E-state index is 12.7. The number of nitrogens with one attached hydrogen (secondary N) is 1. The number of benzene rings is 3. The van der Waals surface area contributed by atoms with Crippen LogP contribution in [0.15, 0.2) is 77.7 Å². The largest absolute Gasteiger partial charge is 0.493 e. The van der Waals surface area contributed by atoms with Gasteiger partial charge in [0.2, 0.25) is 0 Å². The Balaban J connectivity index is 1.91. The third-order valence-electron chi connectivity index (χ3n) is 3.89. The van der Waals surface area contributed by atoms with Crippen molar-refractivity contribution in [3.05, 3.63) is 72.8 Å². The maximum absolute atomic E-state index is 12.7. The third-order valence-corrected chi connectivity index (χ3v) is 5.27. The molecule has 26 heavy (non-hydrogen) atoms. The monoisotopic (exact) mass is 369 g/mol. The fraction of sp³-hybridized carbons (Fsp3) is 0.100. The van der Waals surface area contributed by atoms with Crippen molar-refractivity contribution in [3.63, 3.8) is 0 Å². The van der Waals surface area contributed by atoms with Crippen molar-refractivity contribution < 1.29 is 17.9 Å². The van der Waals surface area contributed by atoms with Gasteiger partial charge in [-0.3, -0.25) is 4.72 Å². The summed E-state index contributed by atoms with van der Waals surface area (Å²) in [7, 11) is -0.793. The van der Waals surface area contributed by atoms with Crippen LogP contribution in [0.3, 0.4) is 0 Å². The smallest absolute Gasteiger partial charge is 0.262 e. The lowest BCUT2D eigenvalue weighted by Gasteiger charge is -2.12. The highest BCUT2D eigenvalue weighted by Gasteiger charge is 2.17. The van der Waals surface area contributed by atoms with E-state index in [4.69, 9.17) is 9.47 Å². The molecule has 0 bridgehead atoms. The van der Waals surface area contributed by atoms with Gasteiger partial charge in [0.25, 0.3) is 10.0 Å². The van der Waals surface area contributed by atoms with Crippen molar-refractivity contribution in [1.82, 2.24) is 0 Å². The van der Waals surface area contributed by atoms with Gasteiger partial charge in [-0.05, 0) is 35.4 Å². The minimum Gasteiger partial charge on any atom is -0.493 e. The molecule has 0 radical (unpaired) electrons. The molecule has 0 heterocycles. The Labute approximate surface area is 153 Å². The van der Waals surface area contributed by atoms with E-state index in [2.05, 4.69) is 4.72 Å². The summed E-state index contributed by atoms with van der Waals surface area (Å²) in [6.45, 7) is 0. The molecule has 0 saturated heterocycles. The second kappa shape index (κ2) is 7.49. The van der Waals surface area contributed by atoms with E-state index in [1.165, 1.54) is 26.4 Å². The van der Waals surface area contributed by atoms with Gasteiger partial charge in [-0.25, -0.2) is 8.42 Å². The first-order valence-electron chi connectivity index (χ1n) is 7.94. The van der Waals surface area contributed by atoms with E-state index in [1.807, 2.05) is 42.5 Å². The Bertz CT molecular complexity index is 1000. The molecule has 0 aliphatic carbocycles. The van der Waals surface area contributed by atoms with Crippen molar-refractivity contribution in [2.75, 3.05) is 18.9 Å². The molecule has 0 amide bonds. The third kappa shape index (κ3) is 3.81. The Morgan fingerprint density at radius 1 is 0.731 bits per heavy atom. The van der Waals surface area contributed by atoms with Crippen LogP contribution >= 0.6 is 0 Å². The molecule has 0 aromatic heterocycles. The van der Waals surface area contributed by atoms with Crippen LogP contribution in [0.2, 0.25) is 0 Å². The topological polar surface area (TPSA) is 64.6 Å². The van der Waals surface area contributed by atoms with Crippen molar-refractivity contribution >= 4 is 15.7 Å². The first-order valence-corrected chi connectivity index (χ1v) is 9.42. The fourth-order valence-corrected chi connectivity index (χ4v) is 3.66. The van der Waals surface area contributed by atoms with Gasteiger partial charge in [-0.1, -0.05) is 42.5 Å². The molecule has 0 aliphatic heterocycles. The number of ether oxygens (including phenoxy) is 2. The van der Waals surface area contributed by atoms with Crippen molar-refractivity contribution in [1.29, 1.82) is 0 Å². The molecule has 0 unspecified atom stereocenters. The minimum atomic E-state index is -3.76. The lowest BCUT2D eigenvalue weighted by Crippen LogP contribution is -2.13. The zero-order valence-corrected chi connectivity index (χ0v) is 15.3. The molecule has 3 aromatic carbocycles. The summed E-state index contributed by atoms with van der Waals surface area (Å²) >= 11 is 0. The van der Waals surface area contributed by atoms with Gasteiger partial charge in [0.1, 0.15) is 0 Å². The van der Waals surface area contributed by atoms with Crippen LogP contribution in [-0.4, -0.2) is 22.6 Å². The molecule has 3 rings (SSSR count). The summed E-state index contributed by atoms with van der Waals surface area (Å²) in [5, 5.41) is 0. The zero-order valence-electron chi connectivity index (χ0n) is 14.5. The first-order chi connectivity index (χ1) is 12.5. The zero-order chi connectivity index (χ0) is 18.6. The number of methoxy groups -OCH3 is 2. The number of sulfonamides is 1. The van der Waals surface area contributed by atoms with Crippen molar-refractivity contribution in [3.8, 4) is 22.6 Å². The van der Waals surface area contributed by atoms with Crippen LogP contribution in [0.1, 0.15) is 0 Å². The first kappa shape index (κ1) is 17.8. The van der Waals surface area contributed by atoms with Crippen molar-refractivity contribution in [2.24, 2.45) is 0 Å². The summed E-state index contributed by atoms with van der Waals surface area (Å²) in [5.41, 5.74) is 2.43. The molecule has 3 aromatic rings. The molecule has 0 saturated carbocycles. The predicted molar refractivity (Wildman–Crippen MR) is 102 cm³/mol. The highest BCUT2D eigenvalue weighted by Crippen LogP contribution is 2.30. The van der Waals surface area contributed by atoms with E-state index in [1.54, 1.807) is 18.2 Å². The van der Waals surface area contributed by atoms with Crippen molar-refractivity contribution in [2.45, 2.75) is 4.90 Å². The SMILES string of the molecule is COc1ccc(S(=O)(=O)Nc2cccc(-c3ccccc3)c2)cc1OC. The van der Waals surface area contributed by atoms with Gasteiger partial charge in [0, 0.05) is 11.8 Å². The molecule has 0 aliphatic rings. The van der Waals surface area contributed by atoms with Gasteiger partial charge in [-0.15, -0.1) is 0 Å². The standard InChI is InChI=1S/C20H19NO4S/c1-24-19-12-11-18(14-20(19)25-2)26(22,23)21-17-10-6-9-16(13-17)15-7-4-3-5-8-15/h3-14,21H,1-2H3. The van der Waals surface area contributed by atoms with Gasteiger partial charge in [-0.2, -0.15) is 0 Å². The van der Waals surface area contributed by atoms with E-state index < -0.39 is 10.0 Å². The summed E-state index contributed by atoms with van der Waals surface area (Å²) in [4.78, 5) is 0.0975. The Morgan fingerprint density at radius 3 is 2.12 bits per heavy atom. The molecule has 5 nitrogen and oxygen atoms in total. The summed E-state index contributed by atoms with van der Waals surface area (Å²) in [6, 6.07) is 21.5. The molecule has 6 heteroatoms. The van der Waals surface area contributed by atoms with Crippen LogP contribution in [0.4, 0.5) is 5.69 Å². The van der Waals surface area contributed by atoms with Crippen LogP contribution in [-0.2, 0) is 10.0 Å².